The molecule has 0 spiro atoms. The zero-order valence-corrected chi connectivity index (χ0v) is 8.71. The van der Waals surface area contributed by atoms with Crippen molar-refractivity contribution in [2.45, 2.75) is 11.8 Å². The van der Waals surface area contributed by atoms with Gasteiger partial charge in [0.15, 0.2) is 5.82 Å². The van der Waals surface area contributed by atoms with Crippen LogP contribution in [0, 0.1) is 0 Å². The van der Waals surface area contributed by atoms with Gasteiger partial charge in [0.05, 0.1) is 0 Å². The second-order valence-corrected chi connectivity index (χ2v) is 3.95. The fourth-order valence-corrected chi connectivity index (χ4v) is 2.24. The van der Waals surface area contributed by atoms with Gasteiger partial charge in [0.1, 0.15) is 0 Å². The van der Waals surface area contributed by atoms with Crippen molar-refractivity contribution >= 4 is 0 Å². The van der Waals surface area contributed by atoms with Crippen LogP contribution in [0.1, 0.15) is 23.2 Å². The molecule has 5 heteroatoms. The molecule has 2 atom stereocenters. The van der Waals surface area contributed by atoms with Crippen LogP contribution in [0.5, 0.6) is 0 Å². The molecule has 2 aromatic heterocycles. The van der Waals surface area contributed by atoms with E-state index < -0.39 is 0 Å². The van der Waals surface area contributed by atoms with Crippen LogP contribution in [0.3, 0.4) is 0 Å². The van der Waals surface area contributed by atoms with Crippen molar-refractivity contribution in [1.29, 1.82) is 0 Å². The minimum Gasteiger partial charge on any atom is -0.343 e. The highest BCUT2D eigenvalue weighted by Crippen LogP contribution is 2.33. The van der Waals surface area contributed by atoms with Crippen molar-refractivity contribution in [1.82, 2.24) is 20.4 Å². The minimum atomic E-state index is 0.281. The first kappa shape index (κ1) is 9.47. The maximum absolute atomic E-state index is 4.81. The predicted molar refractivity (Wildman–Crippen MR) is 56.9 cm³/mol. The van der Waals surface area contributed by atoms with Crippen LogP contribution in [-0.4, -0.2) is 28.2 Å². The Kier molecular flexibility index (Phi) is 2.38. The number of nitrogens with zero attached hydrogens (tertiary/aromatic N) is 3. The van der Waals surface area contributed by atoms with Gasteiger partial charge in [0.2, 0.25) is 6.39 Å². The lowest BCUT2D eigenvalue weighted by Crippen LogP contribution is -2.10. The molecule has 1 N–H and O–H groups in total. The Morgan fingerprint density at radius 3 is 3.00 bits per heavy atom. The molecule has 2 aromatic rings. The molecule has 1 aliphatic rings. The first-order chi connectivity index (χ1) is 7.95. The summed E-state index contributed by atoms with van der Waals surface area (Å²) in [6, 6.07) is 4.05. The van der Waals surface area contributed by atoms with Crippen molar-refractivity contribution in [2.24, 2.45) is 0 Å². The second-order valence-electron chi connectivity index (χ2n) is 3.95. The number of aromatic nitrogens is 3. The summed E-state index contributed by atoms with van der Waals surface area (Å²) >= 11 is 0. The lowest BCUT2D eigenvalue weighted by molar-refractivity contribution is 0.403. The van der Waals surface area contributed by atoms with Gasteiger partial charge in [-0.3, -0.25) is 4.98 Å². The molecule has 0 saturated carbocycles. The van der Waals surface area contributed by atoms with Crippen molar-refractivity contribution in [3.63, 3.8) is 0 Å². The Morgan fingerprint density at radius 2 is 2.25 bits per heavy atom. The molecule has 0 amide bonds. The monoisotopic (exact) mass is 216 g/mol. The topological polar surface area (TPSA) is 63.8 Å². The molecule has 0 aliphatic carbocycles. The highest BCUT2D eigenvalue weighted by atomic mass is 16.5. The van der Waals surface area contributed by atoms with Gasteiger partial charge < -0.3 is 9.84 Å². The Balaban J connectivity index is 1.90. The van der Waals surface area contributed by atoms with Gasteiger partial charge in [-0.2, -0.15) is 4.98 Å². The summed E-state index contributed by atoms with van der Waals surface area (Å²) in [4.78, 5) is 8.29. The van der Waals surface area contributed by atoms with Gasteiger partial charge in [0, 0.05) is 37.3 Å². The molecule has 1 saturated heterocycles. The molecule has 5 nitrogen and oxygen atoms in total. The fourth-order valence-electron chi connectivity index (χ4n) is 2.24. The van der Waals surface area contributed by atoms with Gasteiger partial charge >= 0.3 is 0 Å². The van der Waals surface area contributed by atoms with E-state index in [2.05, 4.69) is 26.5 Å². The van der Waals surface area contributed by atoms with Crippen molar-refractivity contribution < 1.29 is 4.52 Å². The Hall–Kier alpha value is -1.75. The van der Waals surface area contributed by atoms with E-state index in [-0.39, 0.29) is 5.92 Å². The summed E-state index contributed by atoms with van der Waals surface area (Å²) in [7, 11) is 0. The average molecular weight is 216 g/mol. The Labute approximate surface area is 92.9 Å². The van der Waals surface area contributed by atoms with Crippen molar-refractivity contribution in [3.8, 4) is 0 Å². The van der Waals surface area contributed by atoms with E-state index in [9.17, 15) is 0 Å². The Morgan fingerprint density at radius 1 is 1.31 bits per heavy atom. The zero-order valence-electron chi connectivity index (χ0n) is 8.71. The van der Waals surface area contributed by atoms with Gasteiger partial charge in [-0.15, -0.1) is 0 Å². The Bertz CT molecular complexity index is 442. The first-order valence-electron chi connectivity index (χ1n) is 5.32. The highest BCUT2D eigenvalue weighted by molar-refractivity contribution is 5.22. The molecule has 1 fully saturated rings. The molecular formula is C11H12N4O. The maximum Gasteiger partial charge on any atom is 0.213 e. The summed E-state index contributed by atoms with van der Waals surface area (Å²) in [5.41, 5.74) is 1.22. The molecular weight excluding hydrogens is 204 g/mol. The summed E-state index contributed by atoms with van der Waals surface area (Å²) in [6.07, 6.45) is 5.08. The van der Waals surface area contributed by atoms with E-state index in [1.165, 1.54) is 12.0 Å². The van der Waals surface area contributed by atoms with Crippen molar-refractivity contribution in [3.05, 3.63) is 42.3 Å². The van der Waals surface area contributed by atoms with Gasteiger partial charge in [-0.25, -0.2) is 0 Å². The largest absolute Gasteiger partial charge is 0.343 e. The quantitative estimate of drug-likeness (QED) is 0.809. The van der Waals surface area contributed by atoms with E-state index in [4.69, 9.17) is 4.52 Å². The second kappa shape index (κ2) is 4.02. The van der Waals surface area contributed by atoms with Gasteiger partial charge in [0.25, 0.3) is 0 Å². The van der Waals surface area contributed by atoms with Crippen LogP contribution in [0.4, 0.5) is 0 Å². The van der Waals surface area contributed by atoms with Gasteiger partial charge in [-0.05, 0) is 11.6 Å². The molecule has 0 bridgehead atoms. The predicted octanol–water partition coefficient (Wildman–Crippen LogP) is 0.935. The van der Waals surface area contributed by atoms with E-state index in [1.807, 2.05) is 12.3 Å². The smallest absolute Gasteiger partial charge is 0.213 e. The van der Waals surface area contributed by atoms with Crippen LogP contribution in [-0.2, 0) is 0 Å². The molecule has 0 aromatic carbocycles. The normalized spacial score (nSPS) is 24.8. The average Bonchev–Trinajstić information content (AvgIpc) is 3.01. The fraction of sp³-hybridized carbons (Fsp3) is 0.364. The SMILES string of the molecule is c1cncc(C2CNCC2c2ncon2)c1. The van der Waals surface area contributed by atoms with E-state index >= 15 is 0 Å². The third-order valence-corrected chi connectivity index (χ3v) is 3.04. The van der Waals surface area contributed by atoms with Crippen LogP contribution >= 0.6 is 0 Å². The van der Waals surface area contributed by atoms with Crippen LogP contribution in [0.25, 0.3) is 0 Å². The molecule has 0 radical (unpaired) electrons. The van der Waals surface area contributed by atoms with E-state index in [0.717, 1.165) is 18.9 Å². The molecule has 82 valence electrons. The molecule has 3 rings (SSSR count). The number of pyridine rings is 1. The van der Waals surface area contributed by atoms with Crippen LogP contribution < -0.4 is 5.32 Å². The summed E-state index contributed by atoms with van der Waals surface area (Å²) in [5.74, 6) is 1.44. The van der Waals surface area contributed by atoms with Gasteiger partial charge in [-0.1, -0.05) is 11.2 Å². The van der Waals surface area contributed by atoms with E-state index in [0.29, 0.717) is 5.92 Å². The number of hydrogen-bond acceptors (Lipinski definition) is 5. The molecule has 1 aliphatic heterocycles. The van der Waals surface area contributed by atoms with E-state index in [1.54, 1.807) is 6.20 Å². The standard InChI is InChI=1S/C11H12N4O/c1-2-8(4-12-3-1)9-5-13-6-10(9)11-14-7-16-15-11/h1-4,7,9-10,13H,5-6H2. The zero-order chi connectivity index (χ0) is 10.8. The number of hydrogen-bond donors (Lipinski definition) is 1. The molecule has 16 heavy (non-hydrogen) atoms. The minimum absolute atomic E-state index is 0.281. The number of nitrogens with one attached hydrogen (secondary N) is 1. The third kappa shape index (κ3) is 1.59. The molecule has 3 heterocycles. The molecule has 2 unspecified atom stereocenters. The van der Waals surface area contributed by atoms with Crippen LogP contribution in [0.15, 0.2) is 35.4 Å². The lowest BCUT2D eigenvalue weighted by Gasteiger charge is -2.14. The summed E-state index contributed by atoms with van der Waals surface area (Å²) in [6.45, 7) is 1.82. The summed E-state index contributed by atoms with van der Waals surface area (Å²) < 4.78 is 4.81. The third-order valence-electron chi connectivity index (χ3n) is 3.04. The first-order valence-corrected chi connectivity index (χ1v) is 5.32. The lowest BCUT2D eigenvalue weighted by atomic mass is 9.89. The van der Waals surface area contributed by atoms with Crippen molar-refractivity contribution in [2.75, 3.05) is 13.1 Å². The summed E-state index contributed by atoms with van der Waals surface area (Å²) in [5, 5.41) is 7.29. The number of rotatable bonds is 2. The highest BCUT2D eigenvalue weighted by Gasteiger charge is 2.32. The van der Waals surface area contributed by atoms with Crippen LogP contribution in [0.2, 0.25) is 0 Å². The maximum atomic E-state index is 4.81.